The van der Waals surface area contributed by atoms with E-state index < -0.39 is 17.6 Å². The SMILES string of the molecule is CC1CC(CC(=O)O)(NC(=O)OCC2c3ccccc3-c3ccccc32)CCO1. The molecule has 2 aromatic carbocycles. The van der Waals surface area contributed by atoms with Crippen molar-refractivity contribution in [2.75, 3.05) is 13.2 Å². The van der Waals surface area contributed by atoms with Crippen LogP contribution < -0.4 is 5.32 Å². The summed E-state index contributed by atoms with van der Waals surface area (Å²) in [5, 5.41) is 12.2. The number of ether oxygens (including phenoxy) is 2. The number of carboxylic acids is 1. The fraction of sp³-hybridized carbons (Fsp3) is 0.391. The Morgan fingerprint density at radius 1 is 1.14 bits per heavy atom. The Hall–Kier alpha value is -2.86. The number of amides is 1. The smallest absolute Gasteiger partial charge is 0.407 e. The van der Waals surface area contributed by atoms with Crippen molar-refractivity contribution >= 4 is 12.1 Å². The number of nitrogens with one attached hydrogen (secondary N) is 1. The first kappa shape index (κ1) is 19.5. The molecule has 2 N–H and O–H groups in total. The van der Waals surface area contributed by atoms with Crippen molar-refractivity contribution in [1.29, 1.82) is 0 Å². The highest BCUT2D eigenvalue weighted by molar-refractivity contribution is 5.79. The maximum Gasteiger partial charge on any atom is 0.407 e. The fourth-order valence-corrected chi connectivity index (χ4v) is 4.63. The summed E-state index contributed by atoms with van der Waals surface area (Å²) < 4.78 is 11.1. The van der Waals surface area contributed by atoms with E-state index >= 15 is 0 Å². The Labute approximate surface area is 169 Å². The Morgan fingerprint density at radius 3 is 2.34 bits per heavy atom. The predicted molar refractivity (Wildman–Crippen MR) is 108 cm³/mol. The van der Waals surface area contributed by atoms with E-state index in [-0.39, 0.29) is 25.0 Å². The number of benzene rings is 2. The third-order valence-electron chi connectivity index (χ3n) is 5.86. The molecule has 1 aliphatic heterocycles. The van der Waals surface area contributed by atoms with Crippen LogP contribution in [-0.4, -0.2) is 42.0 Å². The number of carbonyl (C=O) groups is 2. The highest BCUT2D eigenvalue weighted by Gasteiger charge is 2.40. The van der Waals surface area contributed by atoms with Crippen LogP contribution in [0.5, 0.6) is 0 Å². The fourth-order valence-electron chi connectivity index (χ4n) is 4.63. The number of fused-ring (bicyclic) bond motifs is 3. The number of rotatable bonds is 5. The highest BCUT2D eigenvalue weighted by Crippen LogP contribution is 2.44. The lowest BCUT2D eigenvalue weighted by Crippen LogP contribution is -2.55. The summed E-state index contributed by atoms with van der Waals surface area (Å²) in [5.41, 5.74) is 3.77. The van der Waals surface area contributed by atoms with Crippen molar-refractivity contribution in [3.8, 4) is 11.1 Å². The van der Waals surface area contributed by atoms with Gasteiger partial charge in [-0.15, -0.1) is 0 Å². The summed E-state index contributed by atoms with van der Waals surface area (Å²) in [7, 11) is 0. The monoisotopic (exact) mass is 395 g/mol. The van der Waals surface area contributed by atoms with Crippen LogP contribution in [0.3, 0.4) is 0 Å². The van der Waals surface area contributed by atoms with E-state index in [9.17, 15) is 14.7 Å². The molecule has 152 valence electrons. The first-order valence-electron chi connectivity index (χ1n) is 9.94. The summed E-state index contributed by atoms with van der Waals surface area (Å²) in [6, 6.07) is 16.3. The number of alkyl carbamates (subject to hydrolysis) is 1. The van der Waals surface area contributed by atoms with Crippen LogP contribution >= 0.6 is 0 Å². The van der Waals surface area contributed by atoms with Gasteiger partial charge in [-0.3, -0.25) is 4.79 Å². The van der Waals surface area contributed by atoms with E-state index in [0.717, 1.165) is 22.3 Å². The van der Waals surface area contributed by atoms with Gasteiger partial charge in [0.2, 0.25) is 0 Å². The lowest BCUT2D eigenvalue weighted by Gasteiger charge is -2.39. The summed E-state index contributed by atoms with van der Waals surface area (Å²) in [5.74, 6) is -0.977. The van der Waals surface area contributed by atoms with E-state index in [2.05, 4.69) is 29.6 Å². The number of hydrogen-bond acceptors (Lipinski definition) is 4. The second-order valence-corrected chi connectivity index (χ2v) is 7.94. The van der Waals surface area contributed by atoms with Crippen molar-refractivity contribution in [2.45, 2.75) is 43.7 Å². The Morgan fingerprint density at radius 2 is 1.76 bits per heavy atom. The van der Waals surface area contributed by atoms with E-state index in [1.807, 2.05) is 31.2 Å². The van der Waals surface area contributed by atoms with Crippen LogP contribution in [0.2, 0.25) is 0 Å². The Kier molecular flexibility index (Phi) is 5.28. The van der Waals surface area contributed by atoms with Gasteiger partial charge in [0.25, 0.3) is 0 Å². The number of carboxylic acid groups (broad SMARTS) is 1. The molecule has 1 amide bonds. The van der Waals surface area contributed by atoms with Gasteiger partial charge in [-0.05, 0) is 42.0 Å². The number of carbonyl (C=O) groups excluding carboxylic acids is 1. The molecule has 0 spiro atoms. The number of aliphatic carboxylic acids is 1. The van der Waals surface area contributed by atoms with Crippen molar-refractivity contribution in [1.82, 2.24) is 5.32 Å². The zero-order valence-electron chi connectivity index (χ0n) is 16.4. The molecule has 6 nitrogen and oxygen atoms in total. The highest BCUT2D eigenvalue weighted by atomic mass is 16.5. The molecule has 4 rings (SSSR count). The van der Waals surface area contributed by atoms with Gasteiger partial charge < -0.3 is 19.9 Å². The van der Waals surface area contributed by atoms with Crippen molar-refractivity contribution < 1.29 is 24.2 Å². The van der Waals surface area contributed by atoms with Crippen LogP contribution in [0.25, 0.3) is 11.1 Å². The molecule has 29 heavy (non-hydrogen) atoms. The van der Waals surface area contributed by atoms with Gasteiger partial charge in [0.1, 0.15) is 6.61 Å². The first-order chi connectivity index (χ1) is 14.0. The second-order valence-electron chi connectivity index (χ2n) is 7.94. The molecule has 1 aliphatic carbocycles. The van der Waals surface area contributed by atoms with E-state index in [1.54, 1.807) is 0 Å². The third-order valence-corrected chi connectivity index (χ3v) is 5.86. The van der Waals surface area contributed by atoms with Gasteiger partial charge in [0, 0.05) is 12.5 Å². The molecule has 0 radical (unpaired) electrons. The molecule has 1 fully saturated rings. The van der Waals surface area contributed by atoms with Crippen LogP contribution in [0, 0.1) is 0 Å². The lowest BCUT2D eigenvalue weighted by molar-refractivity contribution is -0.140. The van der Waals surface area contributed by atoms with Gasteiger partial charge in [-0.2, -0.15) is 0 Å². The topological polar surface area (TPSA) is 84.9 Å². The zero-order valence-corrected chi connectivity index (χ0v) is 16.4. The first-order valence-corrected chi connectivity index (χ1v) is 9.94. The molecule has 1 heterocycles. The van der Waals surface area contributed by atoms with Gasteiger partial charge >= 0.3 is 12.1 Å². The van der Waals surface area contributed by atoms with Crippen LogP contribution in [0.1, 0.15) is 43.2 Å². The minimum atomic E-state index is -0.946. The molecular weight excluding hydrogens is 370 g/mol. The van der Waals surface area contributed by atoms with E-state index in [0.29, 0.717) is 19.4 Å². The van der Waals surface area contributed by atoms with Gasteiger partial charge in [0.15, 0.2) is 0 Å². The van der Waals surface area contributed by atoms with Crippen LogP contribution in [-0.2, 0) is 14.3 Å². The maximum atomic E-state index is 12.6. The maximum absolute atomic E-state index is 12.6. The summed E-state index contributed by atoms with van der Waals surface area (Å²) >= 11 is 0. The molecule has 2 unspecified atom stereocenters. The predicted octanol–water partition coefficient (Wildman–Crippen LogP) is 3.94. The van der Waals surface area contributed by atoms with E-state index in [4.69, 9.17) is 9.47 Å². The van der Waals surface area contributed by atoms with Crippen molar-refractivity contribution in [2.24, 2.45) is 0 Å². The molecule has 6 heteroatoms. The number of hydrogen-bond donors (Lipinski definition) is 2. The van der Waals surface area contributed by atoms with Crippen molar-refractivity contribution in [3.63, 3.8) is 0 Å². The Bertz CT molecular complexity index is 881. The quantitative estimate of drug-likeness (QED) is 0.801. The second kappa shape index (κ2) is 7.87. The standard InChI is InChI=1S/C23H25NO5/c1-15-12-23(10-11-28-15,13-21(25)26)24-22(27)29-14-20-18-8-4-2-6-16(18)17-7-3-5-9-19(17)20/h2-9,15,20H,10-14H2,1H3,(H,24,27)(H,25,26). The lowest BCUT2D eigenvalue weighted by atomic mass is 9.84. The summed E-state index contributed by atoms with van der Waals surface area (Å²) in [6.07, 6.45) is 0.0570. The Balaban J connectivity index is 1.47. The minimum absolute atomic E-state index is 0.0304. The molecule has 0 bridgehead atoms. The molecule has 0 aromatic heterocycles. The normalized spacial score (nSPS) is 23.1. The van der Waals surface area contributed by atoms with E-state index in [1.165, 1.54) is 0 Å². The molecule has 2 atom stereocenters. The van der Waals surface area contributed by atoms with Gasteiger partial charge in [-0.1, -0.05) is 48.5 Å². The largest absolute Gasteiger partial charge is 0.481 e. The molecule has 1 saturated heterocycles. The van der Waals surface area contributed by atoms with Gasteiger partial charge in [0.05, 0.1) is 18.1 Å². The molecular formula is C23H25NO5. The third kappa shape index (κ3) is 3.98. The zero-order chi connectivity index (χ0) is 20.4. The van der Waals surface area contributed by atoms with Crippen LogP contribution in [0.15, 0.2) is 48.5 Å². The molecule has 0 saturated carbocycles. The molecule has 2 aromatic rings. The minimum Gasteiger partial charge on any atom is -0.481 e. The van der Waals surface area contributed by atoms with Gasteiger partial charge in [-0.25, -0.2) is 4.79 Å². The summed E-state index contributed by atoms with van der Waals surface area (Å²) in [6.45, 7) is 2.50. The average molecular weight is 395 g/mol. The van der Waals surface area contributed by atoms with Crippen molar-refractivity contribution in [3.05, 3.63) is 59.7 Å². The summed E-state index contributed by atoms with van der Waals surface area (Å²) in [4.78, 5) is 24.0. The molecule has 2 aliphatic rings. The van der Waals surface area contributed by atoms with Crippen LogP contribution in [0.4, 0.5) is 4.79 Å². The average Bonchev–Trinajstić information content (AvgIpc) is 2.99.